The summed E-state index contributed by atoms with van der Waals surface area (Å²) in [5.74, 6) is -0.289. The molecule has 1 saturated heterocycles. The number of ketones is 1. The number of Topliss-reactive ketones (excluding diaryl/α,β-unsaturated/α-hetero) is 1. The van der Waals surface area contributed by atoms with Gasteiger partial charge in [0.05, 0.1) is 10.6 Å². The molecule has 0 atom stereocenters. The quantitative estimate of drug-likeness (QED) is 0.628. The van der Waals surface area contributed by atoms with E-state index in [1.54, 1.807) is 40.1 Å². The summed E-state index contributed by atoms with van der Waals surface area (Å²) in [6.07, 6.45) is 1.02. The molecule has 0 N–H and O–H groups in total. The van der Waals surface area contributed by atoms with Gasteiger partial charge in [0.2, 0.25) is 5.91 Å². The largest absolute Gasteiger partial charge is 0.341 e. The lowest BCUT2D eigenvalue weighted by atomic mass is 10.0. The van der Waals surface area contributed by atoms with E-state index >= 15 is 0 Å². The third-order valence-corrected chi connectivity index (χ3v) is 5.80. The van der Waals surface area contributed by atoms with E-state index in [0.29, 0.717) is 53.8 Å². The molecule has 1 fully saturated rings. The highest BCUT2D eigenvalue weighted by atomic mass is 35.5. The van der Waals surface area contributed by atoms with Crippen LogP contribution in [0.25, 0.3) is 0 Å². The van der Waals surface area contributed by atoms with Gasteiger partial charge in [-0.15, -0.1) is 0 Å². The van der Waals surface area contributed by atoms with Crippen molar-refractivity contribution >= 4 is 40.8 Å². The van der Waals surface area contributed by atoms with Crippen LogP contribution < -0.4 is 0 Å². The molecule has 1 heterocycles. The highest BCUT2D eigenvalue weighted by molar-refractivity contribution is 6.35. The fraction of sp³-hybridized carbons (Fsp3) is 0.348. The van der Waals surface area contributed by atoms with Crippen molar-refractivity contribution in [1.82, 2.24) is 9.80 Å². The molecule has 0 radical (unpaired) electrons. The number of carbonyl (C=O) groups is 3. The summed E-state index contributed by atoms with van der Waals surface area (Å²) < 4.78 is 0. The molecule has 0 saturated carbocycles. The molecule has 30 heavy (non-hydrogen) atoms. The topological polar surface area (TPSA) is 57.7 Å². The van der Waals surface area contributed by atoms with Gasteiger partial charge in [0.1, 0.15) is 0 Å². The average Bonchev–Trinajstić information content (AvgIpc) is 3.00. The zero-order chi connectivity index (χ0) is 21.7. The molecule has 0 spiro atoms. The first-order valence-corrected chi connectivity index (χ1v) is 10.7. The minimum absolute atomic E-state index is 0.0365. The second-order valence-electron chi connectivity index (χ2n) is 7.44. The zero-order valence-corrected chi connectivity index (χ0v) is 18.4. The van der Waals surface area contributed by atoms with Gasteiger partial charge in [-0.25, -0.2) is 0 Å². The van der Waals surface area contributed by atoms with Crippen molar-refractivity contribution in [2.45, 2.75) is 26.2 Å². The molecule has 0 aromatic heterocycles. The monoisotopic (exact) mass is 446 g/mol. The summed E-state index contributed by atoms with van der Waals surface area (Å²) in [6.45, 7) is 3.91. The SMILES string of the molecule is Cc1ccc(C(=O)CCC(=O)N2CCCN(C(=O)c3cc(Cl)ccc3Cl)CC2)cc1. The number of hydrogen-bond acceptors (Lipinski definition) is 3. The Hall–Kier alpha value is -2.37. The van der Waals surface area contributed by atoms with E-state index in [4.69, 9.17) is 23.2 Å². The Balaban J connectivity index is 1.54. The van der Waals surface area contributed by atoms with Gasteiger partial charge in [0.15, 0.2) is 5.78 Å². The predicted octanol–water partition coefficient (Wildman–Crippen LogP) is 4.64. The lowest BCUT2D eigenvalue weighted by Crippen LogP contribution is -2.37. The van der Waals surface area contributed by atoms with Crippen LogP contribution in [0, 0.1) is 6.92 Å². The van der Waals surface area contributed by atoms with Crippen LogP contribution in [0.5, 0.6) is 0 Å². The van der Waals surface area contributed by atoms with Crippen molar-refractivity contribution < 1.29 is 14.4 Å². The third kappa shape index (κ3) is 5.61. The van der Waals surface area contributed by atoms with E-state index in [9.17, 15) is 14.4 Å². The van der Waals surface area contributed by atoms with E-state index in [1.165, 1.54) is 0 Å². The molecule has 0 aliphatic carbocycles. The molecule has 1 aliphatic rings. The average molecular weight is 447 g/mol. The first-order valence-electron chi connectivity index (χ1n) is 9.97. The van der Waals surface area contributed by atoms with Crippen molar-refractivity contribution in [2.24, 2.45) is 0 Å². The Morgan fingerprint density at radius 3 is 2.27 bits per heavy atom. The predicted molar refractivity (Wildman–Crippen MR) is 118 cm³/mol. The molecule has 1 aliphatic heterocycles. The minimum Gasteiger partial charge on any atom is -0.341 e. The summed E-state index contributed by atoms with van der Waals surface area (Å²) in [5, 5.41) is 0.809. The number of halogens is 2. The van der Waals surface area contributed by atoms with Gasteiger partial charge < -0.3 is 9.80 Å². The number of nitrogens with zero attached hydrogens (tertiary/aromatic N) is 2. The number of aryl methyl sites for hydroxylation is 1. The summed E-state index contributed by atoms with van der Waals surface area (Å²) in [6, 6.07) is 12.2. The first kappa shape index (κ1) is 22.3. The van der Waals surface area contributed by atoms with Crippen LogP contribution in [0.4, 0.5) is 0 Å². The fourth-order valence-electron chi connectivity index (χ4n) is 3.46. The van der Waals surface area contributed by atoms with Crippen molar-refractivity contribution in [2.75, 3.05) is 26.2 Å². The number of rotatable bonds is 5. The molecule has 2 aromatic carbocycles. The Kier molecular flexibility index (Phi) is 7.51. The van der Waals surface area contributed by atoms with Crippen molar-refractivity contribution in [3.05, 3.63) is 69.2 Å². The van der Waals surface area contributed by atoms with Gasteiger partial charge >= 0.3 is 0 Å². The van der Waals surface area contributed by atoms with E-state index in [0.717, 1.165) is 5.56 Å². The highest BCUT2D eigenvalue weighted by Crippen LogP contribution is 2.23. The van der Waals surface area contributed by atoms with Crippen LogP contribution in [-0.2, 0) is 4.79 Å². The molecular formula is C23H24Cl2N2O3. The molecule has 2 aromatic rings. The molecular weight excluding hydrogens is 423 g/mol. The van der Waals surface area contributed by atoms with E-state index in [1.807, 2.05) is 19.1 Å². The standard InChI is InChI=1S/C23H24Cl2N2O3/c1-16-3-5-17(6-4-16)21(28)9-10-22(29)26-11-2-12-27(14-13-26)23(30)19-15-18(24)7-8-20(19)25/h3-8,15H,2,9-14H2,1H3. The van der Waals surface area contributed by atoms with E-state index < -0.39 is 0 Å². The zero-order valence-electron chi connectivity index (χ0n) is 16.9. The van der Waals surface area contributed by atoms with Crippen molar-refractivity contribution in [3.8, 4) is 0 Å². The summed E-state index contributed by atoms with van der Waals surface area (Å²) in [7, 11) is 0. The second-order valence-corrected chi connectivity index (χ2v) is 8.28. The van der Waals surface area contributed by atoms with Crippen LogP contribution in [-0.4, -0.2) is 53.6 Å². The third-order valence-electron chi connectivity index (χ3n) is 5.23. The summed E-state index contributed by atoms with van der Waals surface area (Å²) in [5.41, 5.74) is 2.08. The Bertz CT molecular complexity index is 944. The molecule has 0 bridgehead atoms. The Labute approximate surface area is 186 Å². The molecule has 158 valence electrons. The maximum absolute atomic E-state index is 12.8. The first-order chi connectivity index (χ1) is 14.3. The Morgan fingerprint density at radius 2 is 1.53 bits per heavy atom. The van der Waals surface area contributed by atoms with Gasteiger partial charge in [-0.3, -0.25) is 14.4 Å². The smallest absolute Gasteiger partial charge is 0.255 e. The number of benzene rings is 2. The summed E-state index contributed by atoms with van der Waals surface area (Å²) >= 11 is 12.2. The lowest BCUT2D eigenvalue weighted by molar-refractivity contribution is -0.131. The molecule has 3 rings (SSSR count). The van der Waals surface area contributed by atoms with Crippen LogP contribution >= 0.6 is 23.2 Å². The van der Waals surface area contributed by atoms with Gasteiger partial charge in [-0.05, 0) is 31.5 Å². The maximum atomic E-state index is 12.8. The summed E-state index contributed by atoms with van der Waals surface area (Å²) in [4.78, 5) is 41.2. The lowest BCUT2D eigenvalue weighted by Gasteiger charge is -2.22. The minimum atomic E-state index is -0.189. The molecule has 7 heteroatoms. The van der Waals surface area contributed by atoms with Gasteiger partial charge in [0.25, 0.3) is 5.91 Å². The molecule has 5 nitrogen and oxygen atoms in total. The second kappa shape index (κ2) is 10.1. The highest BCUT2D eigenvalue weighted by Gasteiger charge is 2.24. The maximum Gasteiger partial charge on any atom is 0.255 e. The van der Waals surface area contributed by atoms with Crippen molar-refractivity contribution in [3.63, 3.8) is 0 Å². The van der Waals surface area contributed by atoms with E-state index in [-0.39, 0.29) is 30.4 Å². The van der Waals surface area contributed by atoms with Crippen LogP contribution in [0.1, 0.15) is 45.5 Å². The van der Waals surface area contributed by atoms with E-state index in [2.05, 4.69) is 0 Å². The van der Waals surface area contributed by atoms with Gasteiger partial charge in [0, 0.05) is 49.6 Å². The number of carbonyl (C=O) groups excluding carboxylic acids is 3. The van der Waals surface area contributed by atoms with Gasteiger partial charge in [-0.2, -0.15) is 0 Å². The van der Waals surface area contributed by atoms with Crippen LogP contribution in [0.15, 0.2) is 42.5 Å². The normalized spacial score (nSPS) is 14.4. The number of hydrogen-bond donors (Lipinski definition) is 0. The van der Waals surface area contributed by atoms with Crippen LogP contribution in [0.2, 0.25) is 10.0 Å². The number of amides is 2. The molecule has 2 amide bonds. The van der Waals surface area contributed by atoms with Crippen molar-refractivity contribution in [1.29, 1.82) is 0 Å². The Morgan fingerprint density at radius 1 is 0.867 bits per heavy atom. The van der Waals surface area contributed by atoms with Gasteiger partial charge in [-0.1, -0.05) is 53.0 Å². The van der Waals surface area contributed by atoms with Crippen LogP contribution in [0.3, 0.4) is 0 Å². The fourth-order valence-corrected chi connectivity index (χ4v) is 3.83. The molecule has 0 unspecified atom stereocenters.